The van der Waals surface area contributed by atoms with Gasteiger partial charge in [-0.2, -0.15) is 0 Å². The molecule has 7 heteroatoms. The lowest BCUT2D eigenvalue weighted by Gasteiger charge is -2.11. The van der Waals surface area contributed by atoms with E-state index in [9.17, 15) is 13.2 Å². The Morgan fingerprint density at radius 1 is 1.32 bits per heavy atom. The largest absolute Gasteiger partial charge is 0.465 e. The van der Waals surface area contributed by atoms with E-state index in [1.165, 1.54) is 30.5 Å². The van der Waals surface area contributed by atoms with Crippen molar-refractivity contribution in [1.82, 2.24) is 0 Å². The van der Waals surface area contributed by atoms with Crippen LogP contribution in [0.3, 0.4) is 0 Å². The number of rotatable bonds is 4. The van der Waals surface area contributed by atoms with E-state index in [-0.39, 0.29) is 4.90 Å². The van der Waals surface area contributed by atoms with Gasteiger partial charge >= 0.3 is 0 Å². The van der Waals surface area contributed by atoms with Crippen LogP contribution in [-0.4, -0.2) is 14.3 Å². The highest BCUT2D eigenvalue weighted by Gasteiger charge is 2.13. The van der Waals surface area contributed by atoms with Crippen LogP contribution in [0.25, 0.3) is 6.08 Å². The number of furan rings is 1. The van der Waals surface area contributed by atoms with Crippen LogP contribution < -0.4 is 10.5 Å². The highest BCUT2D eigenvalue weighted by molar-refractivity contribution is 7.89. The molecule has 0 aliphatic heterocycles. The van der Waals surface area contributed by atoms with Crippen LogP contribution in [0, 0.1) is 13.8 Å². The van der Waals surface area contributed by atoms with Gasteiger partial charge in [0.05, 0.1) is 11.2 Å². The highest BCUT2D eigenvalue weighted by atomic mass is 32.2. The van der Waals surface area contributed by atoms with Crippen molar-refractivity contribution < 1.29 is 17.6 Å². The average molecular weight is 320 g/mol. The lowest BCUT2D eigenvalue weighted by molar-refractivity contribution is -0.111. The number of aryl methyl sites for hydroxylation is 1. The molecule has 1 aromatic heterocycles. The van der Waals surface area contributed by atoms with Gasteiger partial charge in [0.2, 0.25) is 15.9 Å². The number of hydrogen-bond acceptors (Lipinski definition) is 4. The summed E-state index contributed by atoms with van der Waals surface area (Å²) < 4.78 is 28.0. The fourth-order valence-corrected chi connectivity index (χ4v) is 2.46. The summed E-state index contributed by atoms with van der Waals surface area (Å²) in [7, 11) is -3.83. The minimum Gasteiger partial charge on any atom is -0.465 e. The van der Waals surface area contributed by atoms with Crippen LogP contribution in [0.15, 0.2) is 45.9 Å². The van der Waals surface area contributed by atoms with Crippen molar-refractivity contribution in [3.05, 3.63) is 53.5 Å². The molecule has 1 aromatic carbocycles. The van der Waals surface area contributed by atoms with Gasteiger partial charge in [0.25, 0.3) is 0 Å². The highest BCUT2D eigenvalue weighted by Crippen LogP contribution is 2.23. The first-order valence-electron chi connectivity index (χ1n) is 6.44. The van der Waals surface area contributed by atoms with Crippen molar-refractivity contribution in [2.45, 2.75) is 18.7 Å². The summed E-state index contributed by atoms with van der Waals surface area (Å²) in [5.41, 5.74) is 1.89. The summed E-state index contributed by atoms with van der Waals surface area (Å²) in [4.78, 5) is 11.9. The molecule has 0 bridgehead atoms. The molecule has 0 saturated heterocycles. The van der Waals surface area contributed by atoms with Crippen LogP contribution in [0.2, 0.25) is 0 Å². The zero-order valence-corrected chi connectivity index (χ0v) is 13.0. The van der Waals surface area contributed by atoms with Crippen molar-refractivity contribution in [3.63, 3.8) is 0 Å². The zero-order chi connectivity index (χ0) is 16.3. The third-order valence-electron chi connectivity index (χ3n) is 3.17. The summed E-state index contributed by atoms with van der Waals surface area (Å²) in [6.07, 6.45) is 4.32. The average Bonchev–Trinajstić information content (AvgIpc) is 2.93. The van der Waals surface area contributed by atoms with Crippen molar-refractivity contribution >= 4 is 27.7 Å². The number of anilines is 1. The van der Waals surface area contributed by atoms with Gasteiger partial charge in [0.1, 0.15) is 5.76 Å². The molecule has 116 valence electrons. The van der Waals surface area contributed by atoms with Gasteiger partial charge < -0.3 is 9.73 Å². The van der Waals surface area contributed by atoms with Crippen LogP contribution in [0.1, 0.15) is 16.9 Å². The molecule has 0 aliphatic rings. The number of nitrogens with one attached hydrogen (secondary N) is 1. The predicted octanol–water partition coefficient (Wildman–Crippen LogP) is 2.20. The fraction of sp³-hybridized carbons (Fsp3) is 0.133. The van der Waals surface area contributed by atoms with Gasteiger partial charge in [-0.15, -0.1) is 0 Å². The maximum absolute atomic E-state index is 11.9. The molecule has 0 unspecified atom stereocenters. The zero-order valence-electron chi connectivity index (χ0n) is 12.2. The molecular formula is C15H16N2O4S. The van der Waals surface area contributed by atoms with Crippen LogP contribution in [-0.2, 0) is 14.8 Å². The first-order chi connectivity index (χ1) is 10.3. The molecule has 0 fully saturated rings. The third kappa shape index (κ3) is 3.84. The Hall–Kier alpha value is -2.38. The Labute approximate surface area is 128 Å². The first-order valence-corrected chi connectivity index (χ1v) is 7.98. The summed E-state index contributed by atoms with van der Waals surface area (Å²) in [5, 5.41) is 7.77. The number of amides is 1. The van der Waals surface area contributed by atoms with E-state index in [1.54, 1.807) is 26.0 Å². The van der Waals surface area contributed by atoms with E-state index in [2.05, 4.69) is 5.32 Å². The van der Waals surface area contributed by atoms with Gasteiger partial charge in [-0.25, -0.2) is 13.6 Å². The third-order valence-corrected chi connectivity index (χ3v) is 4.06. The second-order valence-electron chi connectivity index (χ2n) is 4.80. The van der Waals surface area contributed by atoms with Gasteiger partial charge in [-0.1, -0.05) is 0 Å². The van der Waals surface area contributed by atoms with Crippen molar-refractivity contribution in [2.75, 3.05) is 5.32 Å². The predicted molar refractivity (Wildman–Crippen MR) is 83.7 cm³/mol. The minimum absolute atomic E-state index is 0.0408. The van der Waals surface area contributed by atoms with Crippen molar-refractivity contribution in [2.24, 2.45) is 5.14 Å². The summed E-state index contributed by atoms with van der Waals surface area (Å²) in [5.74, 6) is 0.145. The van der Waals surface area contributed by atoms with E-state index in [0.29, 0.717) is 11.4 Å². The Morgan fingerprint density at radius 3 is 2.64 bits per heavy atom. The van der Waals surface area contributed by atoms with E-state index < -0.39 is 15.9 Å². The number of benzene rings is 1. The summed E-state index contributed by atoms with van der Waals surface area (Å²) in [6, 6.07) is 6.23. The lowest BCUT2D eigenvalue weighted by atomic mass is 10.1. The quantitative estimate of drug-likeness (QED) is 0.843. The van der Waals surface area contributed by atoms with E-state index in [1.807, 2.05) is 0 Å². The smallest absolute Gasteiger partial charge is 0.248 e. The normalized spacial score (nSPS) is 11.8. The van der Waals surface area contributed by atoms with E-state index >= 15 is 0 Å². The number of carbonyl (C=O) groups is 1. The number of hydrogen-bond donors (Lipinski definition) is 2. The SMILES string of the molecule is Cc1cc(S(N)(=O)=O)cc(NC(=O)/C=C/c2ccco2)c1C. The molecule has 0 saturated carbocycles. The van der Waals surface area contributed by atoms with E-state index in [0.717, 1.165) is 11.1 Å². The molecule has 0 aliphatic carbocycles. The molecule has 0 spiro atoms. The number of sulfonamides is 1. The number of carbonyl (C=O) groups excluding carboxylic acids is 1. The Bertz CT molecular complexity index is 821. The summed E-state index contributed by atoms with van der Waals surface area (Å²) >= 11 is 0. The maximum atomic E-state index is 11.9. The lowest BCUT2D eigenvalue weighted by Crippen LogP contribution is -2.15. The molecule has 2 aromatic rings. The van der Waals surface area contributed by atoms with Crippen molar-refractivity contribution in [1.29, 1.82) is 0 Å². The minimum atomic E-state index is -3.83. The molecule has 22 heavy (non-hydrogen) atoms. The van der Waals surface area contributed by atoms with E-state index in [4.69, 9.17) is 9.56 Å². The van der Waals surface area contributed by atoms with Crippen molar-refractivity contribution in [3.8, 4) is 0 Å². The fourth-order valence-electron chi connectivity index (χ4n) is 1.84. The molecule has 2 rings (SSSR count). The Morgan fingerprint density at radius 2 is 2.05 bits per heavy atom. The van der Waals surface area contributed by atoms with Gasteiger partial charge in [-0.05, 0) is 55.3 Å². The van der Waals surface area contributed by atoms with Gasteiger partial charge in [0, 0.05) is 11.8 Å². The van der Waals surface area contributed by atoms with Gasteiger partial charge in [-0.3, -0.25) is 4.79 Å². The second kappa shape index (κ2) is 6.17. The van der Waals surface area contributed by atoms with Gasteiger partial charge in [0.15, 0.2) is 0 Å². The summed E-state index contributed by atoms with van der Waals surface area (Å²) in [6.45, 7) is 3.53. The number of primary sulfonamides is 1. The molecule has 3 N–H and O–H groups in total. The first kappa shape index (κ1) is 16.0. The topological polar surface area (TPSA) is 102 Å². The monoisotopic (exact) mass is 320 g/mol. The van der Waals surface area contributed by atoms with Crippen LogP contribution >= 0.6 is 0 Å². The Balaban J connectivity index is 2.25. The molecule has 1 amide bonds. The molecule has 0 radical (unpaired) electrons. The molecule has 0 atom stereocenters. The molecule has 1 heterocycles. The second-order valence-corrected chi connectivity index (χ2v) is 6.36. The molecule has 6 nitrogen and oxygen atoms in total. The number of nitrogens with two attached hydrogens (primary N) is 1. The molecular weight excluding hydrogens is 304 g/mol. The Kier molecular flexibility index (Phi) is 4.48. The standard InChI is InChI=1S/C15H16N2O4S/c1-10-8-13(22(16,19)20)9-14(11(10)2)17-15(18)6-5-12-4-3-7-21-12/h3-9H,1-2H3,(H,17,18)(H2,16,19,20)/b6-5+. The van der Waals surface area contributed by atoms with Crippen LogP contribution in [0.5, 0.6) is 0 Å². The van der Waals surface area contributed by atoms with Crippen LogP contribution in [0.4, 0.5) is 5.69 Å². The maximum Gasteiger partial charge on any atom is 0.248 e.